The Balaban J connectivity index is 0.00000261. The second-order valence-corrected chi connectivity index (χ2v) is 6.56. The van der Waals surface area contributed by atoms with Crippen LogP contribution in [0.4, 0.5) is 10.8 Å². The highest BCUT2D eigenvalue weighted by Crippen LogP contribution is 2.18. The van der Waals surface area contributed by atoms with Gasteiger partial charge in [-0.25, -0.2) is 4.98 Å². The normalized spacial score (nSPS) is 9.93. The zero-order valence-electron chi connectivity index (χ0n) is 14.4. The van der Waals surface area contributed by atoms with Crippen molar-refractivity contribution in [3.8, 4) is 0 Å². The van der Waals surface area contributed by atoms with Crippen LogP contribution in [0.5, 0.6) is 0 Å². The van der Waals surface area contributed by atoms with Crippen molar-refractivity contribution >= 4 is 46.4 Å². The molecule has 0 radical (unpaired) electrons. The number of hydrogen-bond donors (Lipinski definition) is 4. The Hall–Kier alpha value is -2.90. The number of aromatic nitrogens is 1. The third-order valence-electron chi connectivity index (χ3n) is 3.71. The first-order valence-electron chi connectivity index (χ1n) is 8.11. The number of nitrogens with one attached hydrogen (secondary N) is 3. The quantitative estimate of drug-likeness (QED) is 0.371. The summed E-state index contributed by atoms with van der Waals surface area (Å²) in [6.45, 7) is 0. The number of carbonyl (C=O) groups is 1. The Morgan fingerprint density at radius 3 is 2.41 bits per heavy atom. The molecule has 1 aromatic heterocycles. The van der Waals surface area contributed by atoms with E-state index in [1.54, 1.807) is 12.1 Å². The molecule has 3 aromatic rings. The second-order valence-electron chi connectivity index (χ2n) is 5.70. The number of halogens is 1. The largest absolute Gasteiger partial charge is 0.370 e. The van der Waals surface area contributed by atoms with Gasteiger partial charge in [0, 0.05) is 16.6 Å². The molecule has 0 aliphatic rings. The highest BCUT2D eigenvalue weighted by molar-refractivity contribution is 7.14. The van der Waals surface area contributed by atoms with Gasteiger partial charge in [0.1, 0.15) is 0 Å². The molecule has 0 bridgehead atoms. The van der Waals surface area contributed by atoms with E-state index in [1.807, 2.05) is 47.8 Å². The summed E-state index contributed by atoms with van der Waals surface area (Å²) in [5, 5.41) is 15.4. The Morgan fingerprint density at radius 2 is 1.74 bits per heavy atom. The molecule has 0 atom stereocenters. The van der Waals surface area contributed by atoms with E-state index in [0.717, 1.165) is 24.2 Å². The molecule has 27 heavy (non-hydrogen) atoms. The molecule has 5 N–H and O–H groups in total. The zero-order chi connectivity index (χ0) is 18.4. The molecule has 0 unspecified atom stereocenters. The molecule has 0 aliphatic heterocycles. The van der Waals surface area contributed by atoms with Gasteiger partial charge in [-0.15, -0.1) is 23.7 Å². The van der Waals surface area contributed by atoms with Crippen LogP contribution in [-0.2, 0) is 12.8 Å². The summed E-state index contributed by atoms with van der Waals surface area (Å²) in [6, 6.07) is 16.9. The van der Waals surface area contributed by atoms with Gasteiger partial charge in [0.15, 0.2) is 11.1 Å². The van der Waals surface area contributed by atoms with Crippen LogP contribution in [0.3, 0.4) is 0 Å². The number of nitrogens with two attached hydrogens (primary N) is 1. The standard InChI is InChI=1S/C19H19N5OS.ClH/c20-18(21)22-15-9-6-13(7-10-15)8-11-16-12-26-19(23-16)24-17(25)14-4-2-1-3-5-14;/h1-7,9-10,12H,8,11H2,(H4,20,21,22)(H,23,24,25);1H. The van der Waals surface area contributed by atoms with Crippen molar-refractivity contribution < 1.29 is 4.79 Å². The number of aryl methyl sites for hydroxylation is 2. The van der Waals surface area contributed by atoms with E-state index in [0.29, 0.717) is 10.7 Å². The molecule has 0 saturated carbocycles. The lowest BCUT2D eigenvalue weighted by Gasteiger charge is -2.05. The van der Waals surface area contributed by atoms with Gasteiger partial charge >= 0.3 is 0 Å². The van der Waals surface area contributed by atoms with E-state index >= 15 is 0 Å². The Labute approximate surface area is 167 Å². The minimum absolute atomic E-state index is 0. The number of amides is 1. The SMILES string of the molecule is Cl.N=C(N)Nc1ccc(CCc2csc(NC(=O)c3ccccc3)n2)cc1. The number of hydrogen-bond acceptors (Lipinski definition) is 4. The first kappa shape index (κ1) is 20.4. The molecule has 0 saturated heterocycles. The van der Waals surface area contributed by atoms with Crippen molar-refractivity contribution in [2.75, 3.05) is 10.6 Å². The van der Waals surface area contributed by atoms with Crippen LogP contribution in [0.15, 0.2) is 60.0 Å². The average molecular weight is 402 g/mol. The Morgan fingerprint density at radius 1 is 1.04 bits per heavy atom. The summed E-state index contributed by atoms with van der Waals surface area (Å²) in [5.41, 5.74) is 8.83. The summed E-state index contributed by atoms with van der Waals surface area (Å²) in [6.07, 6.45) is 1.63. The topological polar surface area (TPSA) is 104 Å². The van der Waals surface area contributed by atoms with E-state index in [9.17, 15) is 4.79 Å². The average Bonchev–Trinajstić information content (AvgIpc) is 3.09. The molecule has 1 amide bonds. The Bertz CT molecular complexity index is 896. The van der Waals surface area contributed by atoms with Crippen LogP contribution >= 0.6 is 23.7 Å². The fourth-order valence-electron chi connectivity index (χ4n) is 2.42. The maximum atomic E-state index is 12.1. The predicted octanol–water partition coefficient (Wildman–Crippen LogP) is 3.91. The van der Waals surface area contributed by atoms with Gasteiger partial charge in [-0.3, -0.25) is 15.5 Å². The highest BCUT2D eigenvalue weighted by atomic mass is 35.5. The van der Waals surface area contributed by atoms with E-state index in [-0.39, 0.29) is 24.3 Å². The minimum Gasteiger partial charge on any atom is -0.370 e. The first-order chi connectivity index (χ1) is 12.6. The van der Waals surface area contributed by atoms with Crippen molar-refractivity contribution in [3.05, 3.63) is 76.8 Å². The molecule has 3 rings (SSSR count). The highest BCUT2D eigenvalue weighted by Gasteiger charge is 2.08. The monoisotopic (exact) mass is 401 g/mol. The zero-order valence-corrected chi connectivity index (χ0v) is 16.1. The van der Waals surface area contributed by atoms with Crippen LogP contribution in [-0.4, -0.2) is 16.9 Å². The number of carbonyl (C=O) groups excluding carboxylic acids is 1. The number of thiazole rings is 1. The fourth-order valence-corrected chi connectivity index (χ4v) is 3.16. The molecule has 0 spiro atoms. The van der Waals surface area contributed by atoms with Crippen molar-refractivity contribution in [3.63, 3.8) is 0 Å². The van der Waals surface area contributed by atoms with Gasteiger partial charge in [-0.1, -0.05) is 30.3 Å². The number of anilines is 2. The third kappa shape index (κ3) is 6.09. The van der Waals surface area contributed by atoms with Crippen LogP contribution in [0.1, 0.15) is 21.6 Å². The van der Waals surface area contributed by atoms with Gasteiger partial charge in [0.05, 0.1) is 5.69 Å². The number of benzene rings is 2. The van der Waals surface area contributed by atoms with Crippen molar-refractivity contribution in [1.82, 2.24) is 4.98 Å². The van der Waals surface area contributed by atoms with E-state index in [2.05, 4.69) is 15.6 Å². The Kier molecular flexibility index (Phi) is 7.34. The van der Waals surface area contributed by atoms with Crippen molar-refractivity contribution in [1.29, 1.82) is 5.41 Å². The summed E-state index contributed by atoms with van der Waals surface area (Å²) < 4.78 is 0. The fraction of sp³-hybridized carbons (Fsp3) is 0.105. The molecular weight excluding hydrogens is 382 g/mol. The van der Waals surface area contributed by atoms with Gasteiger partial charge < -0.3 is 11.1 Å². The minimum atomic E-state index is -0.153. The van der Waals surface area contributed by atoms with Crippen LogP contribution < -0.4 is 16.4 Å². The first-order valence-corrected chi connectivity index (χ1v) is 8.99. The molecule has 1 heterocycles. The van der Waals surface area contributed by atoms with Crippen molar-refractivity contribution in [2.45, 2.75) is 12.8 Å². The lowest BCUT2D eigenvalue weighted by atomic mass is 10.1. The van der Waals surface area contributed by atoms with Gasteiger partial charge in [-0.05, 0) is 42.7 Å². The van der Waals surface area contributed by atoms with Crippen LogP contribution in [0.25, 0.3) is 0 Å². The number of nitrogens with zero attached hydrogens (tertiary/aromatic N) is 1. The molecule has 2 aromatic carbocycles. The maximum absolute atomic E-state index is 12.1. The smallest absolute Gasteiger partial charge is 0.257 e. The number of rotatable bonds is 6. The maximum Gasteiger partial charge on any atom is 0.257 e. The molecule has 8 heteroatoms. The van der Waals surface area contributed by atoms with E-state index < -0.39 is 0 Å². The van der Waals surface area contributed by atoms with Gasteiger partial charge in [0.2, 0.25) is 0 Å². The summed E-state index contributed by atoms with van der Waals surface area (Å²) in [5.74, 6) is -0.231. The van der Waals surface area contributed by atoms with E-state index in [4.69, 9.17) is 11.1 Å². The summed E-state index contributed by atoms with van der Waals surface area (Å²) >= 11 is 1.43. The predicted molar refractivity (Wildman–Crippen MR) is 113 cm³/mol. The number of guanidine groups is 1. The third-order valence-corrected chi connectivity index (χ3v) is 4.52. The van der Waals surface area contributed by atoms with Crippen LogP contribution in [0.2, 0.25) is 0 Å². The lowest BCUT2D eigenvalue weighted by molar-refractivity contribution is 0.102. The molecular formula is C19H20ClN5OS. The van der Waals surface area contributed by atoms with Gasteiger partial charge in [0.25, 0.3) is 5.91 Å². The lowest BCUT2D eigenvalue weighted by Crippen LogP contribution is -2.20. The van der Waals surface area contributed by atoms with Crippen LogP contribution in [0, 0.1) is 5.41 Å². The summed E-state index contributed by atoms with van der Waals surface area (Å²) in [7, 11) is 0. The molecule has 0 fully saturated rings. The van der Waals surface area contributed by atoms with Gasteiger partial charge in [-0.2, -0.15) is 0 Å². The molecule has 0 aliphatic carbocycles. The second kappa shape index (κ2) is 9.70. The molecule has 6 nitrogen and oxygen atoms in total. The molecule has 140 valence electrons. The van der Waals surface area contributed by atoms with Crippen molar-refractivity contribution in [2.24, 2.45) is 5.73 Å². The van der Waals surface area contributed by atoms with E-state index in [1.165, 1.54) is 16.9 Å². The summed E-state index contributed by atoms with van der Waals surface area (Å²) in [4.78, 5) is 16.6.